The van der Waals surface area contributed by atoms with Crippen LogP contribution in [0, 0.1) is 0 Å². The van der Waals surface area contributed by atoms with Crippen LogP contribution in [-0.4, -0.2) is 47.4 Å². The van der Waals surface area contributed by atoms with E-state index in [1.807, 2.05) is 6.08 Å². The van der Waals surface area contributed by atoms with E-state index < -0.39 is 12.1 Å². The van der Waals surface area contributed by atoms with Crippen LogP contribution in [0.2, 0.25) is 0 Å². The number of hydrogen-bond acceptors (Lipinski definition) is 5. The monoisotopic (exact) mass is 986 g/mol. The van der Waals surface area contributed by atoms with Gasteiger partial charge in [0.2, 0.25) is 5.91 Å². The largest absolute Gasteiger partial charge is 0.466 e. The van der Waals surface area contributed by atoms with E-state index in [0.717, 1.165) is 44.9 Å². The SMILES string of the molecule is CCCCCCCC/C=C\CCCCCCCCCC(=O)OCCCCCCCCCCCCCCCCCCCCCCCCCC(=O)NC(CO)C(O)/C=C/CCCCCCCCCCCCC. The van der Waals surface area contributed by atoms with E-state index in [1.54, 1.807) is 6.08 Å². The van der Waals surface area contributed by atoms with Gasteiger partial charge in [0.15, 0.2) is 0 Å². The molecule has 2 unspecified atom stereocenters. The number of aliphatic hydroxyl groups is 2. The molecular formula is C64H123NO5. The minimum Gasteiger partial charge on any atom is -0.466 e. The zero-order valence-electron chi connectivity index (χ0n) is 47.3. The second-order valence-electron chi connectivity index (χ2n) is 21.7. The highest BCUT2D eigenvalue weighted by atomic mass is 16.5. The molecule has 414 valence electrons. The van der Waals surface area contributed by atoms with E-state index in [2.05, 4.69) is 31.3 Å². The molecule has 0 bridgehead atoms. The molecule has 0 rings (SSSR count). The molecule has 6 heteroatoms. The van der Waals surface area contributed by atoms with Gasteiger partial charge in [0.05, 0.1) is 25.4 Å². The maximum atomic E-state index is 12.4. The molecule has 0 aliphatic heterocycles. The second-order valence-corrected chi connectivity index (χ2v) is 21.7. The molecule has 0 radical (unpaired) electrons. The van der Waals surface area contributed by atoms with Crippen molar-refractivity contribution in [1.29, 1.82) is 0 Å². The fourth-order valence-corrected chi connectivity index (χ4v) is 9.87. The number of aliphatic hydroxyl groups excluding tert-OH is 2. The maximum absolute atomic E-state index is 12.4. The molecule has 0 saturated heterocycles. The minimum atomic E-state index is -0.843. The predicted molar refractivity (Wildman–Crippen MR) is 306 cm³/mol. The summed E-state index contributed by atoms with van der Waals surface area (Å²) < 4.78 is 5.49. The van der Waals surface area contributed by atoms with Crippen LogP contribution in [-0.2, 0) is 14.3 Å². The molecule has 1 amide bonds. The maximum Gasteiger partial charge on any atom is 0.305 e. The quantitative estimate of drug-likeness (QED) is 0.0321. The number of allylic oxidation sites excluding steroid dienone is 3. The Hall–Kier alpha value is -1.66. The Labute approximate surface area is 437 Å². The molecular weight excluding hydrogens is 863 g/mol. The Balaban J connectivity index is 3.37. The first-order valence-electron chi connectivity index (χ1n) is 31.6. The van der Waals surface area contributed by atoms with Crippen molar-refractivity contribution in [3.63, 3.8) is 0 Å². The predicted octanol–water partition coefficient (Wildman–Crippen LogP) is 19.8. The minimum absolute atomic E-state index is 0.0109. The molecule has 0 aromatic carbocycles. The van der Waals surface area contributed by atoms with E-state index in [9.17, 15) is 19.8 Å². The van der Waals surface area contributed by atoms with Gasteiger partial charge in [-0.05, 0) is 57.8 Å². The van der Waals surface area contributed by atoms with E-state index in [1.165, 1.54) is 276 Å². The number of hydrogen-bond donors (Lipinski definition) is 3. The van der Waals surface area contributed by atoms with Crippen molar-refractivity contribution in [1.82, 2.24) is 5.32 Å². The molecule has 0 aromatic heterocycles. The number of carbonyl (C=O) groups excluding carboxylic acids is 2. The van der Waals surface area contributed by atoms with E-state index >= 15 is 0 Å². The van der Waals surface area contributed by atoms with Gasteiger partial charge < -0.3 is 20.3 Å². The molecule has 2 atom stereocenters. The molecule has 0 aromatic rings. The molecule has 0 aliphatic rings. The summed E-state index contributed by atoms with van der Waals surface area (Å²) in [6.07, 6.45) is 73.7. The number of rotatable bonds is 59. The number of nitrogens with one attached hydrogen (secondary N) is 1. The first-order valence-corrected chi connectivity index (χ1v) is 31.6. The van der Waals surface area contributed by atoms with Crippen LogP contribution in [0.15, 0.2) is 24.3 Å². The Morgan fingerprint density at radius 3 is 1.01 bits per heavy atom. The van der Waals surface area contributed by atoms with Crippen LogP contribution < -0.4 is 5.32 Å². The standard InChI is InChI=1S/C64H123NO5/c1-3-5-7-9-11-13-15-17-18-26-30-34-38-42-46-50-54-58-64(69)70-59-55-51-47-43-39-35-31-28-25-23-21-19-20-22-24-27-29-33-37-41-45-49-53-57-63(68)65-61(60-66)62(67)56-52-48-44-40-36-32-16-14-12-10-8-6-4-2/h17-18,52,56,61-62,66-67H,3-16,19-51,53-55,57-60H2,1-2H3,(H,65,68)/b18-17-,56-52+. The fraction of sp³-hybridized carbons (Fsp3) is 0.906. The summed E-state index contributed by atoms with van der Waals surface area (Å²) >= 11 is 0. The summed E-state index contributed by atoms with van der Waals surface area (Å²) in [7, 11) is 0. The van der Waals surface area contributed by atoms with Crippen molar-refractivity contribution in [3.05, 3.63) is 24.3 Å². The Morgan fingerprint density at radius 1 is 0.386 bits per heavy atom. The molecule has 0 heterocycles. The van der Waals surface area contributed by atoms with Crippen LogP contribution in [0.1, 0.15) is 348 Å². The topological polar surface area (TPSA) is 95.9 Å². The van der Waals surface area contributed by atoms with Crippen molar-refractivity contribution in [3.8, 4) is 0 Å². The van der Waals surface area contributed by atoms with Crippen molar-refractivity contribution in [2.24, 2.45) is 0 Å². The number of ether oxygens (including phenoxy) is 1. The van der Waals surface area contributed by atoms with Crippen LogP contribution in [0.25, 0.3) is 0 Å². The number of amides is 1. The number of carbonyl (C=O) groups is 2. The molecule has 0 saturated carbocycles. The lowest BCUT2D eigenvalue weighted by Gasteiger charge is -2.20. The highest BCUT2D eigenvalue weighted by Crippen LogP contribution is 2.18. The van der Waals surface area contributed by atoms with Gasteiger partial charge in [-0.25, -0.2) is 0 Å². The Kier molecular flexibility index (Phi) is 58.5. The summed E-state index contributed by atoms with van der Waals surface area (Å²) in [5, 5.41) is 23.1. The molecule has 6 nitrogen and oxygen atoms in total. The third kappa shape index (κ3) is 55.7. The van der Waals surface area contributed by atoms with Gasteiger partial charge in [-0.2, -0.15) is 0 Å². The average Bonchev–Trinajstić information content (AvgIpc) is 3.36. The van der Waals surface area contributed by atoms with Crippen LogP contribution in [0.4, 0.5) is 0 Å². The summed E-state index contributed by atoms with van der Waals surface area (Å²) in [4.78, 5) is 24.5. The van der Waals surface area contributed by atoms with Crippen molar-refractivity contribution in [2.75, 3.05) is 13.2 Å². The number of unbranched alkanes of at least 4 members (excludes halogenated alkanes) is 46. The smallest absolute Gasteiger partial charge is 0.305 e. The van der Waals surface area contributed by atoms with E-state index in [-0.39, 0.29) is 18.5 Å². The molecule has 70 heavy (non-hydrogen) atoms. The van der Waals surface area contributed by atoms with Gasteiger partial charge in [-0.3, -0.25) is 9.59 Å². The normalized spacial score (nSPS) is 12.7. The van der Waals surface area contributed by atoms with Crippen molar-refractivity contribution in [2.45, 2.75) is 360 Å². The van der Waals surface area contributed by atoms with Crippen molar-refractivity contribution >= 4 is 11.9 Å². The van der Waals surface area contributed by atoms with Gasteiger partial charge >= 0.3 is 5.97 Å². The third-order valence-electron chi connectivity index (χ3n) is 14.7. The summed E-state index contributed by atoms with van der Waals surface area (Å²) in [5.74, 6) is -0.0556. The summed E-state index contributed by atoms with van der Waals surface area (Å²) in [6, 6.07) is -0.626. The van der Waals surface area contributed by atoms with E-state index in [0.29, 0.717) is 19.4 Å². The Morgan fingerprint density at radius 2 is 0.671 bits per heavy atom. The van der Waals surface area contributed by atoms with Gasteiger partial charge in [-0.1, -0.05) is 301 Å². The lowest BCUT2D eigenvalue weighted by atomic mass is 10.0. The third-order valence-corrected chi connectivity index (χ3v) is 14.7. The molecule has 0 aliphatic carbocycles. The molecule has 0 spiro atoms. The van der Waals surface area contributed by atoms with Crippen LogP contribution in [0.5, 0.6) is 0 Å². The zero-order chi connectivity index (χ0) is 50.7. The average molecular weight is 987 g/mol. The molecule has 0 fully saturated rings. The highest BCUT2D eigenvalue weighted by molar-refractivity contribution is 5.76. The van der Waals surface area contributed by atoms with Gasteiger partial charge in [0.25, 0.3) is 0 Å². The summed E-state index contributed by atoms with van der Waals surface area (Å²) in [5.41, 5.74) is 0. The highest BCUT2D eigenvalue weighted by Gasteiger charge is 2.18. The number of esters is 1. The van der Waals surface area contributed by atoms with Crippen LogP contribution >= 0.6 is 0 Å². The second kappa shape index (κ2) is 59.9. The van der Waals surface area contributed by atoms with Gasteiger partial charge in [0, 0.05) is 12.8 Å². The Bertz CT molecular complexity index is 1090. The first kappa shape index (κ1) is 68.3. The molecule has 3 N–H and O–H groups in total. The van der Waals surface area contributed by atoms with Crippen LogP contribution in [0.3, 0.4) is 0 Å². The van der Waals surface area contributed by atoms with Gasteiger partial charge in [0.1, 0.15) is 0 Å². The summed E-state index contributed by atoms with van der Waals surface area (Å²) in [6.45, 7) is 4.91. The van der Waals surface area contributed by atoms with E-state index in [4.69, 9.17) is 4.74 Å². The lowest BCUT2D eigenvalue weighted by molar-refractivity contribution is -0.143. The lowest BCUT2D eigenvalue weighted by Crippen LogP contribution is -2.45. The fourth-order valence-electron chi connectivity index (χ4n) is 9.87. The first-order chi connectivity index (χ1) is 34.5. The van der Waals surface area contributed by atoms with Gasteiger partial charge in [-0.15, -0.1) is 0 Å². The van der Waals surface area contributed by atoms with Crippen molar-refractivity contribution < 1.29 is 24.5 Å². The zero-order valence-corrected chi connectivity index (χ0v) is 47.3.